The van der Waals surface area contributed by atoms with Crippen LogP contribution in [0.3, 0.4) is 0 Å². The molecule has 0 N–H and O–H groups in total. The molecule has 0 aliphatic carbocycles. The third-order valence-electron chi connectivity index (χ3n) is 3.51. The number of benzene rings is 1. The van der Waals surface area contributed by atoms with E-state index < -0.39 is 7.60 Å². The fraction of sp³-hybridized carbons (Fsp3) is 0.294. The van der Waals surface area contributed by atoms with E-state index in [9.17, 15) is 4.57 Å². The summed E-state index contributed by atoms with van der Waals surface area (Å²) in [5, 5.41) is 4.28. The Morgan fingerprint density at radius 1 is 1.08 bits per heavy atom. The van der Waals surface area contributed by atoms with Gasteiger partial charge in [0.25, 0.3) is 0 Å². The van der Waals surface area contributed by atoms with Gasteiger partial charge in [-0.25, -0.2) is 9.50 Å². The van der Waals surface area contributed by atoms with Crippen LogP contribution in [-0.4, -0.2) is 27.8 Å². The lowest BCUT2D eigenvalue weighted by Gasteiger charge is -2.17. The summed E-state index contributed by atoms with van der Waals surface area (Å²) in [4.78, 5) is 4.62. The minimum Gasteiger partial charge on any atom is -0.309 e. The van der Waals surface area contributed by atoms with E-state index in [1.807, 2.05) is 42.5 Å². The molecule has 0 aliphatic heterocycles. The lowest BCUT2D eigenvalue weighted by Crippen LogP contribution is -2.06. The van der Waals surface area contributed by atoms with Gasteiger partial charge in [0.05, 0.1) is 37.0 Å². The lowest BCUT2D eigenvalue weighted by molar-refractivity contribution is 0.218. The van der Waals surface area contributed by atoms with Crippen LogP contribution in [0.2, 0.25) is 0 Å². The Balaban J connectivity index is 2.06. The Hall–Kier alpha value is -2.01. The predicted molar refractivity (Wildman–Crippen MR) is 93.0 cm³/mol. The Bertz CT molecular complexity index is 854. The third-order valence-corrected chi connectivity index (χ3v) is 5.52. The van der Waals surface area contributed by atoms with E-state index in [4.69, 9.17) is 9.05 Å². The molecule has 2 heterocycles. The quantitative estimate of drug-likeness (QED) is 0.602. The molecule has 0 aliphatic rings. The van der Waals surface area contributed by atoms with Crippen LogP contribution in [0.25, 0.3) is 16.9 Å². The molecular weight excluding hydrogens is 325 g/mol. The minimum absolute atomic E-state index is 0.148. The van der Waals surface area contributed by atoms with Crippen LogP contribution in [0.5, 0.6) is 0 Å². The second-order valence-electron chi connectivity index (χ2n) is 5.20. The second kappa shape index (κ2) is 7.26. The summed E-state index contributed by atoms with van der Waals surface area (Å²) in [5.74, 6) is 0. The fourth-order valence-corrected chi connectivity index (χ4v) is 4.23. The Kier molecular flexibility index (Phi) is 5.09. The van der Waals surface area contributed by atoms with E-state index >= 15 is 0 Å². The summed E-state index contributed by atoms with van der Waals surface area (Å²) in [5.41, 5.74) is 3.24. The van der Waals surface area contributed by atoms with E-state index in [0.29, 0.717) is 18.9 Å². The zero-order valence-electron chi connectivity index (χ0n) is 13.8. The Morgan fingerprint density at radius 2 is 1.79 bits per heavy atom. The first-order chi connectivity index (χ1) is 11.6. The SMILES string of the molecule is CCOP(=O)(Cc1cc(-c2ccccc2)nc2ccnn12)OCC. The maximum atomic E-state index is 12.9. The lowest BCUT2D eigenvalue weighted by atomic mass is 10.1. The zero-order valence-corrected chi connectivity index (χ0v) is 14.6. The van der Waals surface area contributed by atoms with Crippen molar-refractivity contribution >= 4 is 13.2 Å². The van der Waals surface area contributed by atoms with E-state index in [1.165, 1.54) is 0 Å². The first-order valence-electron chi connectivity index (χ1n) is 7.92. The number of fused-ring (bicyclic) bond motifs is 1. The smallest absolute Gasteiger partial charge is 0.309 e. The van der Waals surface area contributed by atoms with Crippen molar-refractivity contribution in [3.05, 3.63) is 54.4 Å². The summed E-state index contributed by atoms with van der Waals surface area (Å²) in [7, 11) is -3.22. The summed E-state index contributed by atoms with van der Waals surface area (Å²) in [6.07, 6.45) is 1.82. The third kappa shape index (κ3) is 3.56. The van der Waals surface area contributed by atoms with Gasteiger partial charge in [-0.1, -0.05) is 30.3 Å². The van der Waals surface area contributed by atoms with Gasteiger partial charge in [0.2, 0.25) is 0 Å². The minimum atomic E-state index is -3.22. The van der Waals surface area contributed by atoms with E-state index in [0.717, 1.165) is 17.0 Å². The number of nitrogens with zero attached hydrogens (tertiary/aromatic N) is 3. The molecule has 0 atom stereocenters. The number of hydrogen-bond acceptors (Lipinski definition) is 5. The number of rotatable bonds is 7. The predicted octanol–water partition coefficient (Wildman–Crippen LogP) is 4.16. The van der Waals surface area contributed by atoms with Gasteiger partial charge in [0.15, 0.2) is 5.65 Å². The molecule has 0 saturated carbocycles. The highest BCUT2D eigenvalue weighted by atomic mass is 31.2. The highest BCUT2D eigenvalue weighted by Crippen LogP contribution is 2.51. The van der Waals surface area contributed by atoms with Gasteiger partial charge < -0.3 is 9.05 Å². The van der Waals surface area contributed by atoms with Gasteiger partial charge in [-0.05, 0) is 19.9 Å². The molecule has 0 unspecified atom stereocenters. The molecule has 6 nitrogen and oxygen atoms in total. The molecule has 0 radical (unpaired) electrons. The molecule has 3 rings (SSSR count). The molecule has 0 bridgehead atoms. The van der Waals surface area contributed by atoms with E-state index in [2.05, 4.69) is 10.1 Å². The molecule has 0 amide bonds. The largest absolute Gasteiger partial charge is 0.336 e. The van der Waals surface area contributed by atoms with Crippen LogP contribution in [-0.2, 0) is 19.8 Å². The van der Waals surface area contributed by atoms with Gasteiger partial charge in [-0.15, -0.1) is 0 Å². The highest BCUT2D eigenvalue weighted by Gasteiger charge is 2.26. The van der Waals surface area contributed by atoms with Crippen molar-refractivity contribution in [1.82, 2.24) is 14.6 Å². The first kappa shape index (κ1) is 16.8. The van der Waals surface area contributed by atoms with Crippen LogP contribution in [0.15, 0.2) is 48.7 Å². The van der Waals surface area contributed by atoms with Crippen molar-refractivity contribution < 1.29 is 13.6 Å². The monoisotopic (exact) mass is 345 g/mol. The van der Waals surface area contributed by atoms with Gasteiger partial charge in [-0.3, -0.25) is 4.57 Å². The summed E-state index contributed by atoms with van der Waals surface area (Å²) in [6.45, 7) is 4.26. The zero-order chi connectivity index (χ0) is 17.0. The average molecular weight is 345 g/mol. The van der Waals surface area contributed by atoms with Crippen molar-refractivity contribution in [2.24, 2.45) is 0 Å². The Morgan fingerprint density at radius 3 is 2.46 bits per heavy atom. The Labute approximate surface area is 141 Å². The summed E-state index contributed by atoms with van der Waals surface area (Å²) in [6, 6.07) is 13.6. The van der Waals surface area contributed by atoms with Crippen molar-refractivity contribution in [1.29, 1.82) is 0 Å². The molecular formula is C17H20N3O3P. The standard InChI is InChI=1S/C17H20N3O3P/c1-3-22-24(21,23-4-2)13-15-12-16(14-8-6-5-7-9-14)19-17-10-11-18-20(15)17/h5-12H,3-4,13H2,1-2H3. The molecule has 0 saturated heterocycles. The van der Waals surface area contributed by atoms with Gasteiger partial charge in [-0.2, -0.15) is 5.10 Å². The van der Waals surface area contributed by atoms with Crippen molar-refractivity contribution in [3.8, 4) is 11.3 Å². The second-order valence-corrected chi connectivity index (χ2v) is 7.26. The molecule has 3 aromatic rings. The first-order valence-corrected chi connectivity index (χ1v) is 9.65. The van der Waals surface area contributed by atoms with Crippen LogP contribution in [0, 0.1) is 0 Å². The summed E-state index contributed by atoms with van der Waals surface area (Å²) < 4.78 is 25.4. The number of hydrogen-bond donors (Lipinski definition) is 0. The van der Waals surface area contributed by atoms with Crippen LogP contribution in [0.1, 0.15) is 19.5 Å². The number of aromatic nitrogens is 3. The van der Waals surface area contributed by atoms with Crippen LogP contribution < -0.4 is 0 Å². The molecule has 7 heteroatoms. The van der Waals surface area contributed by atoms with Crippen molar-refractivity contribution in [2.45, 2.75) is 20.0 Å². The van der Waals surface area contributed by atoms with Crippen LogP contribution >= 0.6 is 7.60 Å². The molecule has 126 valence electrons. The van der Waals surface area contributed by atoms with Gasteiger partial charge in [0.1, 0.15) is 0 Å². The normalized spacial score (nSPS) is 11.9. The topological polar surface area (TPSA) is 65.7 Å². The highest BCUT2D eigenvalue weighted by molar-refractivity contribution is 7.53. The van der Waals surface area contributed by atoms with Crippen molar-refractivity contribution in [3.63, 3.8) is 0 Å². The maximum Gasteiger partial charge on any atom is 0.336 e. The van der Waals surface area contributed by atoms with Gasteiger partial charge >= 0.3 is 7.60 Å². The van der Waals surface area contributed by atoms with Gasteiger partial charge in [0, 0.05) is 11.6 Å². The molecule has 2 aromatic heterocycles. The summed E-state index contributed by atoms with van der Waals surface area (Å²) >= 11 is 0. The molecule has 1 aromatic carbocycles. The van der Waals surface area contributed by atoms with E-state index in [-0.39, 0.29) is 6.16 Å². The van der Waals surface area contributed by atoms with Crippen molar-refractivity contribution in [2.75, 3.05) is 13.2 Å². The fourth-order valence-electron chi connectivity index (χ4n) is 2.57. The maximum absolute atomic E-state index is 12.9. The molecule has 0 spiro atoms. The molecule has 24 heavy (non-hydrogen) atoms. The van der Waals surface area contributed by atoms with E-state index in [1.54, 1.807) is 24.6 Å². The molecule has 0 fully saturated rings. The average Bonchev–Trinajstić information content (AvgIpc) is 3.05. The van der Waals surface area contributed by atoms with Crippen LogP contribution in [0.4, 0.5) is 0 Å².